The summed E-state index contributed by atoms with van der Waals surface area (Å²) < 4.78 is 2.38. The molecule has 4 aromatic rings. The van der Waals surface area contributed by atoms with Crippen LogP contribution in [-0.4, -0.2) is 0 Å². The summed E-state index contributed by atoms with van der Waals surface area (Å²) in [5.74, 6) is 0.208. The first-order valence-corrected chi connectivity index (χ1v) is 13.5. The molecule has 0 amide bonds. The maximum absolute atomic E-state index is 3.03. The lowest BCUT2D eigenvalue weighted by molar-refractivity contribution is 0.427. The molecule has 0 N–H and O–H groups in total. The molecule has 5 rings (SSSR count). The van der Waals surface area contributed by atoms with Crippen LogP contribution in [0.2, 0.25) is 0 Å². The molecule has 34 heavy (non-hydrogen) atoms. The van der Waals surface area contributed by atoms with Crippen molar-refractivity contribution in [3.8, 4) is 0 Å². The van der Waals surface area contributed by atoms with Crippen LogP contribution in [0.5, 0.6) is 0 Å². The first kappa shape index (κ1) is 22.8. The summed E-state index contributed by atoms with van der Waals surface area (Å²) in [5, 5.41) is 4.24. The average molecular weight is 478 g/mol. The molecule has 4 aromatic carbocycles. The highest BCUT2D eigenvalue weighted by molar-refractivity contribution is 7.76. The third kappa shape index (κ3) is 4.27. The monoisotopic (exact) mass is 477 g/mol. The maximum atomic E-state index is 3.03. The van der Waals surface area contributed by atoms with Gasteiger partial charge in [0.25, 0.3) is 0 Å². The quantitative estimate of drug-likeness (QED) is 0.251. The fourth-order valence-corrected chi connectivity index (χ4v) is 8.03. The van der Waals surface area contributed by atoms with E-state index in [0.717, 1.165) is 0 Å². The predicted molar refractivity (Wildman–Crippen MR) is 152 cm³/mol. The number of para-hydroxylation sites is 1. The van der Waals surface area contributed by atoms with Gasteiger partial charge in [-0.05, 0) is 57.9 Å². The summed E-state index contributed by atoms with van der Waals surface area (Å²) in [6.45, 7) is 2.38. The van der Waals surface area contributed by atoms with Crippen LogP contribution in [0.15, 0.2) is 145 Å². The lowest BCUT2D eigenvalue weighted by Gasteiger charge is -2.46. The molecule has 0 aliphatic heterocycles. The Morgan fingerprint density at radius 3 is 1.68 bits per heavy atom. The zero-order valence-corrected chi connectivity index (χ0v) is 21.4. The molecule has 0 aromatic heterocycles. The molecule has 0 bridgehead atoms. The SMILES string of the molecule is CC(c1ccccc1)(C1C=CC=C1P(c1ccccc1)c1ccccc1)N(P)c1ccccc1. The van der Waals surface area contributed by atoms with Gasteiger partial charge in [-0.1, -0.05) is 127 Å². The van der Waals surface area contributed by atoms with Gasteiger partial charge in [0.05, 0.1) is 5.54 Å². The van der Waals surface area contributed by atoms with Crippen molar-refractivity contribution in [1.82, 2.24) is 0 Å². The standard InChI is InChI=1S/C31H29NP2/c1-31(25-15-6-2-7-16-25,32(33)26-17-8-3-9-18-26)29-23-14-24-30(29)34(27-19-10-4-11-20-27)28-21-12-5-13-22-28/h2-24,29H,33H2,1H3. The smallest absolute Gasteiger partial charge is 0.0759 e. The third-order valence-electron chi connectivity index (χ3n) is 6.67. The molecule has 0 spiro atoms. The Morgan fingerprint density at radius 1 is 0.676 bits per heavy atom. The Hall–Kier alpha value is -2.98. The summed E-state index contributed by atoms with van der Waals surface area (Å²) >= 11 is 0. The van der Waals surface area contributed by atoms with E-state index < -0.39 is 7.92 Å². The third-order valence-corrected chi connectivity index (χ3v) is 10.1. The molecule has 1 nitrogen and oxygen atoms in total. The topological polar surface area (TPSA) is 3.24 Å². The summed E-state index contributed by atoms with van der Waals surface area (Å²) in [6, 6.07) is 43.6. The number of hydrogen-bond donors (Lipinski definition) is 0. The van der Waals surface area contributed by atoms with E-state index in [1.165, 1.54) is 27.2 Å². The second kappa shape index (κ2) is 10.1. The van der Waals surface area contributed by atoms with Gasteiger partial charge < -0.3 is 4.67 Å². The van der Waals surface area contributed by atoms with Crippen molar-refractivity contribution in [2.45, 2.75) is 12.5 Å². The number of benzene rings is 4. The van der Waals surface area contributed by atoms with E-state index in [-0.39, 0.29) is 11.5 Å². The molecule has 0 saturated heterocycles. The van der Waals surface area contributed by atoms with Crippen LogP contribution in [0.25, 0.3) is 0 Å². The maximum Gasteiger partial charge on any atom is 0.0759 e. The lowest BCUT2D eigenvalue weighted by atomic mass is 9.79. The van der Waals surface area contributed by atoms with Gasteiger partial charge in [-0.3, -0.25) is 0 Å². The van der Waals surface area contributed by atoms with E-state index in [4.69, 9.17) is 0 Å². The highest BCUT2D eigenvalue weighted by Crippen LogP contribution is 2.56. The molecule has 3 heteroatoms. The minimum Gasteiger partial charge on any atom is -0.345 e. The Bertz CT molecular complexity index is 1230. The first-order valence-electron chi connectivity index (χ1n) is 11.6. The van der Waals surface area contributed by atoms with E-state index in [2.05, 4.69) is 161 Å². The van der Waals surface area contributed by atoms with Crippen LogP contribution in [0, 0.1) is 5.92 Å². The van der Waals surface area contributed by atoms with Gasteiger partial charge in [0.1, 0.15) is 0 Å². The van der Waals surface area contributed by atoms with E-state index in [1.54, 1.807) is 0 Å². The van der Waals surface area contributed by atoms with E-state index in [9.17, 15) is 0 Å². The van der Waals surface area contributed by atoms with Gasteiger partial charge in [0.2, 0.25) is 0 Å². The van der Waals surface area contributed by atoms with Gasteiger partial charge in [0, 0.05) is 11.6 Å². The summed E-state index contributed by atoms with van der Waals surface area (Å²) in [6.07, 6.45) is 7.01. The zero-order valence-electron chi connectivity index (χ0n) is 19.3. The van der Waals surface area contributed by atoms with Crippen LogP contribution in [0.3, 0.4) is 0 Å². The fourth-order valence-electron chi connectivity index (χ4n) is 4.86. The minimum absolute atomic E-state index is 0.208. The van der Waals surface area contributed by atoms with E-state index in [0.29, 0.717) is 0 Å². The second-order valence-corrected chi connectivity index (χ2v) is 11.4. The Kier molecular flexibility index (Phi) is 6.77. The van der Waals surface area contributed by atoms with Crippen LogP contribution in [-0.2, 0) is 5.54 Å². The van der Waals surface area contributed by atoms with Gasteiger partial charge >= 0.3 is 0 Å². The highest BCUT2D eigenvalue weighted by atomic mass is 31.1. The fraction of sp³-hybridized carbons (Fsp3) is 0.0968. The second-order valence-electron chi connectivity index (χ2n) is 8.68. The van der Waals surface area contributed by atoms with Crippen LogP contribution >= 0.6 is 17.3 Å². The summed E-state index contributed by atoms with van der Waals surface area (Å²) in [5.41, 5.74) is 2.19. The van der Waals surface area contributed by atoms with Gasteiger partial charge in [-0.2, -0.15) is 0 Å². The zero-order chi connectivity index (χ0) is 23.4. The molecule has 168 valence electrons. The summed E-state index contributed by atoms with van der Waals surface area (Å²) in [4.78, 5) is 0. The molecule has 1 aliphatic carbocycles. The summed E-state index contributed by atoms with van der Waals surface area (Å²) in [7, 11) is 2.35. The van der Waals surface area contributed by atoms with E-state index >= 15 is 0 Å². The van der Waals surface area contributed by atoms with Crippen LogP contribution < -0.4 is 15.3 Å². The predicted octanol–water partition coefficient (Wildman–Crippen LogP) is 7.40. The van der Waals surface area contributed by atoms with Crippen molar-refractivity contribution in [3.63, 3.8) is 0 Å². The molecule has 1 aliphatic rings. The largest absolute Gasteiger partial charge is 0.345 e. The first-order chi connectivity index (χ1) is 16.7. The van der Waals surface area contributed by atoms with Crippen LogP contribution in [0.4, 0.5) is 5.69 Å². The average Bonchev–Trinajstić information content (AvgIpc) is 3.40. The molecule has 0 fully saturated rings. The minimum atomic E-state index is -0.677. The van der Waals surface area contributed by atoms with Gasteiger partial charge in [0.15, 0.2) is 0 Å². The van der Waals surface area contributed by atoms with E-state index in [1.807, 2.05) is 0 Å². The molecule has 3 atom stereocenters. The Balaban J connectivity index is 1.66. The molecule has 3 unspecified atom stereocenters. The number of anilines is 1. The highest BCUT2D eigenvalue weighted by Gasteiger charge is 2.44. The van der Waals surface area contributed by atoms with Crippen molar-refractivity contribution < 1.29 is 0 Å². The number of hydrogen-bond acceptors (Lipinski definition) is 1. The van der Waals surface area contributed by atoms with Crippen LogP contribution in [0.1, 0.15) is 12.5 Å². The Labute approximate surface area is 206 Å². The molecule has 0 heterocycles. The van der Waals surface area contributed by atoms with Crippen molar-refractivity contribution in [1.29, 1.82) is 0 Å². The van der Waals surface area contributed by atoms with Crippen molar-refractivity contribution >= 4 is 33.6 Å². The van der Waals surface area contributed by atoms with Crippen molar-refractivity contribution in [2.24, 2.45) is 5.92 Å². The van der Waals surface area contributed by atoms with Crippen molar-refractivity contribution in [2.75, 3.05) is 4.67 Å². The van der Waals surface area contributed by atoms with Crippen molar-refractivity contribution in [3.05, 3.63) is 150 Å². The number of allylic oxidation sites excluding steroid dienone is 2. The molecular weight excluding hydrogens is 448 g/mol. The normalized spacial score (nSPS) is 16.8. The molecule has 0 radical (unpaired) electrons. The van der Waals surface area contributed by atoms with Gasteiger partial charge in [-0.15, -0.1) is 0 Å². The lowest BCUT2D eigenvalue weighted by Crippen LogP contribution is -2.44. The van der Waals surface area contributed by atoms with Gasteiger partial charge in [-0.25, -0.2) is 0 Å². The molecular formula is C31H29NP2. The molecule has 0 saturated carbocycles. The number of rotatable bonds is 7. The Morgan fingerprint density at radius 2 is 1.15 bits per heavy atom. The number of nitrogens with zero attached hydrogens (tertiary/aromatic N) is 1.